The molecular formula is C65H67NO11. The molecule has 0 N–H and O–H groups in total. The maximum absolute atomic E-state index is 14.8. The number of hydrogen-bond donors (Lipinski definition) is 0. The van der Waals surface area contributed by atoms with Crippen molar-refractivity contribution in [3.63, 3.8) is 0 Å². The monoisotopic (exact) mass is 1040 g/mol. The van der Waals surface area contributed by atoms with Crippen molar-refractivity contribution in [2.75, 3.05) is 13.2 Å². The van der Waals surface area contributed by atoms with Gasteiger partial charge in [0.15, 0.2) is 6.29 Å². The van der Waals surface area contributed by atoms with E-state index in [0.29, 0.717) is 17.7 Å². The highest BCUT2D eigenvalue weighted by molar-refractivity contribution is 6.21. The Morgan fingerprint density at radius 1 is 0.390 bits per heavy atom. The second-order valence-electron chi connectivity index (χ2n) is 20.1. The van der Waals surface area contributed by atoms with Crippen molar-refractivity contribution < 1.29 is 52.2 Å². The Kier molecular flexibility index (Phi) is 18.5. The Morgan fingerprint density at radius 2 is 0.727 bits per heavy atom. The van der Waals surface area contributed by atoms with Crippen molar-refractivity contribution in [3.05, 3.63) is 251 Å². The third-order valence-corrected chi connectivity index (χ3v) is 14.3. The van der Waals surface area contributed by atoms with Crippen LogP contribution in [0.15, 0.2) is 206 Å². The number of carbonyl (C=O) groups excluding carboxylic acids is 2. The van der Waals surface area contributed by atoms with Crippen LogP contribution in [0.2, 0.25) is 0 Å². The van der Waals surface area contributed by atoms with Crippen LogP contribution in [0.4, 0.5) is 0 Å². The molecule has 3 aliphatic heterocycles. The fraction of sp³-hybridized carbons (Fsp3) is 0.323. The highest BCUT2D eigenvalue weighted by atomic mass is 16.7. The van der Waals surface area contributed by atoms with E-state index < -0.39 is 73.0 Å². The molecule has 0 radical (unpaired) electrons. The summed E-state index contributed by atoms with van der Waals surface area (Å²) >= 11 is 0. The molecule has 7 aromatic carbocycles. The molecule has 3 heterocycles. The summed E-state index contributed by atoms with van der Waals surface area (Å²) in [6.45, 7) is 5.56. The molecule has 2 saturated heterocycles. The first kappa shape index (κ1) is 53.7. The lowest BCUT2D eigenvalue weighted by molar-refractivity contribution is -0.359. The van der Waals surface area contributed by atoms with E-state index in [-0.39, 0.29) is 52.2 Å². The Balaban J connectivity index is 1.08. The lowest BCUT2D eigenvalue weighted by Crippen LogP contribution is -2.69. The molecule has 77 heavy (non-hydrogen) atoms. The van der Waals surface area contributed by atoms with Crippen LogP contribution < -0.4 is 0 Å². The van der Waals surface area contributed by atoms with E-state index in [1.54, 1.807) is 24.3 Å². The average molecular weight is 1040 g/mol. The number of ether oxygens (including phenoxy) is 9. The zero-order valence-electron chi connectivity index (χ0n) is 43.6. The van der Waals surface area contributed by atoms with Gasteiger partial charge in [0, 0.05) is 0 Å². The average Bonchev–Trinajstić information content (AvgIpc) is 3.88. The lowest BCUT2D eigenvalue weighted by atomic mass is 9.85. The second kappa shape index (κ2) is 26.6. The maximum atomic E-state index is 14.8. The van der Waals surface area contributed by atoms with Crippen molar-refractivity contribution in [2.45, 2.75) is 115 Å². The van der Waals surface area contributed by atoms with Crippen LogP contribution in [0.5, 0.6) is 0 Å². The minimum absolute atomic E-state index is 0.0610. The molecule has 2 fully saturated rings. The molecule has 12 nitrogen and oxygen atoms in total. The number of fused-ring (bicyclic) bond motifs is 1. The quantitative estimate of drug-likeness (QED) is 0.0538. The van der Waals surface area contributed by atoms with Crippen molar-refractivity contribution in [3.8, 4) is 0 Å². The Morgan fingerprint density at radius 3 is 1.13 bits per heavy atom. The second-order valence-corrected chi connectivity index (χ2v) is 20.1. The molecule has 4 unspecified atom stereocenters. The van der Waals surface area contributed by atoms with Gasteiger partial charge >= 0.3 is 0 Å². The summed E-state index contributed by atoms with van der Waals surface area (Å²) in [5.41, 5.74) is 6.33. The van der Waals surface area contributed by atoms with Gasteiger partial charge in [-0.05, 0) is 51.4 Å². The molecule has 0 spiro atoms. The van der Waals surface area contributed by atoms with E-state index in [9.17, 15) is 9.59 Å². The van der Waals surface area contributed by atoms with Gasteiger partial charge in [-0.1, -0.05) is 208 Å². The molecule has 0 aromatic heterocycles. The maximum Gasteiger partial charge on any atom is 0.261 e. The number of hydrogen-bond acceptors (Lipinski definition) is 11. The van der Waals surface area contributed by atoms with Crippen molar-refractivity contribution >= 4 is 11.8 Å². The van der Waals surface area contributed by atoms with Crippen LogP contribution >= 0.6 is 0 Å². The van der Waals surface area contributed by atoms with Crippen LogP contribution in [0.1, 0.15) is 67.9 Å². The smallest absolute Gasteiger partial charge is 0.261 e. The van der Waals surface area contributed by atoms with Gasteiger partial charge in [0.05, 0.1) is 76.1 Å². The van der Waals surface area contributed by atoms with Crippen LogP contribution in [-0.4, -0.2) is 91.1 Å². The molecule has 7 aromatic rings. The van der Waals surface area contributed by atoms with Gasteiger partial charge in [-0.25, -0.2) is 0 Å². The summed E-state index contributed by atoms with van der Waals surface area (Å²) in [5.74, 6) is -1.07. The minimum Gasteiger partial charge on any atom is -0.374 e. The van der Waals surface area contributed by atoms with E-state index in [4.69, 9.17) is 42.6 Å². The first-order valence-electron chi connectivity index (χ1n) is 26.7. The van der Waals surface area contributed by atoms with E-state index in [1.807, 2.05) is 196 Å². The van der Waals surface area contributed by atoms with Gasteiger partial charge < -0.3 is 42.6 Å². The van der Waals surface area contributed by atoms with E-state index in [1.165, 1.54) is 4.90 Å². The predicted molar refractivity (Wildman–Crippen MR) is 290 cm³/mol. The first-order valence-corrected chi connectivity index (χ1v) is 26.7. The molecule has 12 heteroatoms. The topological polar surface area (TPSA) is 120 Å². The number of nitrogens with zero attached hydrogens (tertiary/aromatic N) is 1. The van der Waals surface area contributed by atoms with Gasteiger partial charge in [0.25, 0.3) is 11.8 Å². The molecule has 10 atom stereocenters. The molecule has 3 aliphatic rings. The number of imide groups is 1. The first-order chi connectivity index (χ1) is 37.9. The zero-order valence-corrected chi connectivity index (χ0v) is 43.6. The third-order valence-electron chi connectivity index (χ3n) is 14.3. The molecular weight excluding hydrogens is 971 g/mol. The molecule has 2 amide bonds. The highest BCUT2D eigenvalue weighted by Crippen LogP contribution is 2.40. The van der Waals surface area contributed by atoms with Gasteiger partial charge in [0.1, 0.15) is 42.7 Å². The lowest BCUT2D eigenvalue weighted by Gasteiger charge is -2.52. The van der Waals surface area contributed by atoms with Crippen LogP contribution in [0.25, 0.3) is 0 Å². The van der Waals surface area contributed by atoms with Crippen LogP contribution in [0, 0.1) is 5.92 Å². The minimum atomic E-state index is -1.20. The molecule has 10 rings (SSSR count). The number of amides is 2. The Labute approximate surface area is 451 Å². The molecule has 0 bridgehead atoms. The number of rotatable bonds is 24. The molecule has 0 saturated carbocycles. The summed E-state index contributed by atoms with van der Waals surface area (Å²) in [7, 11) is 0. The van der Waals surface area contributed by atoms with E-state index >= 15 is 0 Å². The number of carbonyl (C=O) groups is 2. The number of benzene rings is 7. The summed E-state index contributed by atoms with van der Waals surface area (Å²) in [5, 5.41) is 0. The summed E-state index contributed by atoms with van der Waals surface area (Å²) in [6.07, 6.45) is -8.06. The largest absolute Gasteiger partial charge is 0.374 e. The SMILES string of the molecule is CC(C)[C@@H]1OC(COCc2ccccc2)[C@@H](O[C@@H]2OC(COCc3ccccc3)[C@H](OCc3ccccc3)[C@H](OCc3ccccc3)C2OCc2ccccc2)[C@H](OCc2ccccc2)C1N1C(=O)c2ccccc2C1=O. The summed E-state index contributed by atoms with van der Waals surface area (Å²) < 4.78 is 63.6. The fourth-order valence-corrected chi connectivity index (χ4v) is 10.4. The molecule has 398 valence electrons. The Bertz CT molecular complexity index is 2860. The van der Waals surface area contributed by atoms with Crippen molar-refractivity contribution in [2.24, 2.45) is 5.92 Å². The highest BCUT2D eigenvalue weighted by Gasteiger charge is 2.58. The van der Waals surface area contributed by atoms with Gasteiger partial charge in [-0.2, -0.15) is 0 Å². The van der Waals surface area contributed by atoms with Gasteiger partial charge in [0.2, 0.25) is 0 Å². The zero-order chi connectivity index (χ0) is 52.8. The van der Waals surface area contributed by atoms with Crippen molar-refractivity contribution in [1.82, 2.24) is 4.90 Å². The predicted octanol–water partition coefficient (Wildman–Crippen LogP) is 11.0. The third kappa shape index (κ3) is 13.5. The van der Waals surface area contributed by atoms with E-state index in [0.717, 1.165) is 33.4 Å². The standard InChI is InChI=1S/C65H67NO11/c1-45(2)57-56(66-63(67)52-35-21-22-36-53(52)64(66)68)60(72-40-49-29-15-6-16-30-49)59(55(75-57)44-70-38-47-25-11-4-12-26-47)77-65-62(74-42-51-33-19-8-20-34-51)61(73-41-50-31-17-7-18-32-50)58(71-39-48-27-13-5-14-28-48)54(76-65)43-69-37-46-23-9-3-10-24-46/h3-36,45,54-62,65H,37-44H2,1-2H3/t54?,55?,56?,57-,58-,59+,60+,61-,62?,65-/m0/s1. The van der Waals surface area contributed by atoms with Gasteiger partial charge in [-0.15, -0.1) is 0 Å². The Hall–Kier alpha value is -6.68. The van der Waals surface area contributed by atoms with Crippen LogP contribution in [-0.2, 0) is 82.3 Å². The molecule has 0 aliphatic carbocycles. The van der Waals surface area contributed by atoms with Crippen molar-refractivity contribution in [1.29, 1.82) is 0 Å². The normalized spacial score (nSPS) is 24.3. The van der Waals surface area contributed by atoms with E-state index in [2.05, 4.69) is 0 Å². The fourth-order valence-electron chi connectivity index (χ4n) is 10.4. The van der Waals surface area contributed by atoms with Gasteiger partial charge in [-0.3, -0.25) is 14.5 Å². The summed E-state index contributed by atoms with van der Waals surface area (Å²) in [4.78, 5) is 30.9. The van der Waals surface area contributed by atoms with Crippen LogP contribution in [0.3, 0.4) is 0 Å². The summed E-state index contributed by atoms with van der Waals surface area (Å²) in [6, 6.07) is 65.5.